The number of halogens is 3. The number of aryl methyl sites for hydroxylation is 1. The van der Waals surface area contributed by atoms with Gasteiger partial charge in [-0.1, -0.05) is 6.07 Å². The third-order valence-corrected chi connectivity index (χ3v) is 3.93. The first kappa shape index (κ1) is 22.6. The minimum Gasteiger partial charge on any atom is -0.488 e. The van der Waals surface area contributed by atoms with Gasteiger partial charge in [0.15, 0.2) is 5.96 Å². The monoisotopic (exact) mass is 411 g/mol. The van der Waals surface area contributed by atoms with Gasteiger partial charge in [-0.3, -0.25) is 4.99 Å². The van der Waals surface area contributed by atoms with Crippen molar-refractivity contribution in [2.45, 2.75) is 52.1 Å². The minimum atomic E-state index is -4.48. The lowest BCUT2D eigenvalue weighted by atomic mass is 10.1. The Bertz CT molecular complexity index is 795. The number of rotatable bonds is 7. The van der Waals surface area contributed by atoms with Crippen molar-refractivity contribution in [3.63, 3.8) is 0 Å². The molecular weight excluding hydrogens is 383 g/mol. The van der Waals surface area contributed by atoms with Crippen molar-refractivity contribution in [3.8, 4) is 5.75 Å². The molecular formula is C20H28F3N5O. The highest BCUT2D eigenvalue weighted by Crippen LogP contribution is 2.35. The molecule has 0 bridgehead atoms. The Balaban J connectivity index is 1.96. The number of ether oxygens (including phenoxy) is 1. The van der Waals surface area contributed by atoms with Gasteiger partial charge < -0.3 is 19.9 Å². The number of aromatic nitrogens is 2. The van der Waals surface area contributed by atoms with Crippen LogP contribution in [0.5, 0.6) is 5.75 Å². The SMILES string of the molecule is CN=C(NCCCn1ccnc1)NCc1ccc(OC(C)(C)C)cc1C(F)(F)F. The Morgan fingerprint density at radius 1 is 1.21 bits per heavy atom. The van der Waals surface area contributed by atoms with Crippen LogP contribution in [0, 0.1) is 0 Å². The Morgan fingerprint density at radius 2 is 1.97 bits per heavy atom. The summed E-state index contributed by atoms with van der Waals surface area (Å²) < 4.78 is 48.1. The van der Waals surface area contributed by atoms with Crippen molar-refractivity contribution in [3.05, 3.63) is 48.0 Å². The van der Waals surface area contributed by atoms with Gasteiger partial charge >= 0.3 is 6.18 Å². The van der Waals surface area contributed by atoms with Crippen molar-refractivity contribution < 1.29 is 17.9 Å². The fourth-order valence-electron chi connectivity index (χ4n) is 2.68. The van der Waals surface area contributed by atoms with Crippen molar-refractivity contribution in [1.29, 1.82) is 0 Å². The lowest BCUT2D eigenvalue weighted by molar-refractivity contribution is -0.138. The second-order valence-corrected chi connectivity index (χ2v) is 7.54. The molecule has 0 radical (unpaired) electrons. The number of nitrogens with one attached hydrogen (secondary N) is 2. The molecule has 29 heavy (non-hydrogen) atoms. The number of imidazole rings is 1. The Morgan fingerprint density at radius 3 is 2.55 bits per heavy atom. The zero-order valence-corrected chi connectivity index (χ0v) is 17.2. The van der Waals surface area contributed by atoms with E-state index in [2.05, 4.69) is 20.6 Å². The first-order valence-electron chi connectivity index (χ1n) is 9.38. The molecule has 1 heterocycles. The molecule has 0 amide bonds. The van der Waals surface area contributed by atoms with Gasteiger partial charge in [-0.25, -0.2) is 4.98 Å². The van der Waals surface area contributed by atoms with Crippen molar-refractivity contribution in [2.75, 3.05) is 13.6 Å². The summed E-state index contributed by atoms with van der Waals surface area (Å²) in [5.41, 5.74) is -1.17. The molecule has 0 spiro atoms. The van der Waals surface area contributed by atoms with Crippen LogP contribution >= 0.6 is 0 Å². The highest BCUT2D eigenvalue weighted by molar-refractivity contribution is 5.79. The third-order valence-electron chi connectivity index (χ3n) is 3.93. The molecule has 0 aliphatic carbocycles. The fraction of sp³-hybridized carbons (Fsp3) is 0.500. The van der Waals surface area contributed by atoms with E-state index in [9.17, 15) is 13.2 Å². The number of nitrogens with zero attached hydrogens (tertiary/aromatic N) is 3. The molecule has 2 aromatic rings. The summed E-state index contributed by atoms with van der Waals surface area (Å²) in [6.07, 6.45) is 1.67. The van der Waals surface area contributed by atoms with E-state index in [0.29, 0.717) is 12.5 Å². The van der Waals surface area contributed by atoms with E-state index in [4.69, 9.17) is 4.74 Å². The molecule has 1 aromatic heterocycles. The lowest BCUT2D eigenvalue weighted by Gasteiger charge is -2.23. The van der Waals surface area contributed by atoms with E-state index in [0.717, 1.165) is 19.0 Å². The number of hydrogen-bond donors (Lipinski definition) is 2. The van der Waals surface area contributed by atoms with Crippen LogP contribution in [0.1, 0.15) is 38.3 Å². The highest BCUT2D eigenvalue weighted by atomic mass is 19.4. The minimum absolute atomic E-state index is 0.00810. The predicted molar refractivity (Wildman–Crippen MR) is 107 cm³/mol. The van der Waals surface area contributed by atoms with E-state index in [-0.39, 0.29) is 17.9 Å². The molecule has 0 aliphatic rings. The molecule has 0 atom stereocenters. The summed E-state index contributed by atoms with van der Waals surface area (Å²) in [5, 5.41) is 6.04. The van der Waals surface area contributed by atoms with Crippen LogP contribution in [0.3, 0.4) is 0 Å². The summed E-state index contributed by atoms with van der Waals surface area (Å²) in [4.78, 5) is 8.04. The van der Waals surface area contributed by atoms with E-state index >= 15 is 0 Å². The number of hydrogen-bond acceptors (Lipinski definition) is 3. The van der Waals surface area contributed by atoms with Crippen LogP contribution in [0.15, 0.2) is 41.9 Å². The second-order valence-electron chi connectivity index (χ2n) is 7.54. The number of guanidine groups is 1. The van der Waals surface area contributed by atoms with Gasteiger partial charge in [-0.05, 0) is 44.9 Å². The molecule has 0 saturated heterocycles. The number of alkyl halides is 3. The van der Waals surface area contributed by atoms with Gasteiger partial charge in [-0.2, -0.15) is 13.2 Å². The smallest absolute Gasteiger partial charge is 0.416 e. The van der Waals surface area contributed by atoms with Crippen LogP contribution in [0.4, 0.5) is 13.2 Å². The average molecular weight is 411 g/mol. The zero-order valence-electron chi connectivity index (χ0n) is 17.2. The molecule has 1 aromatic carbocycles. The average Bonchev–Trinajstić information content (AvgIpc) is 3.13. The van der Waals surface area contributed by atoms with Gasteiger partial charge in [0.1, 0.15) is 11.4 Å². The van der Waals surface area contributed by atoms with Gasteiger partial charge in [0, 0.05) is 39.1 Å². The first-order chi connectivity index (χ1) is 13.6. The molecule has 0 saturated carbocycles. The summed E-state index contributed by atoms with van der Waals surface area (Å²) >= 11 is 0. The quantitative estimate of drug-likeness (QED) is 0.413. The molecule has 6 nitrogen and oxygen atoms in total. The second kappa shape index (κ2) is 9.67. The Hall–Kier alpha value is -2.71. The normalized spacial score (nSPS) is 12.7. The maximum absolute atomic E-state index is 13.5. The number of benzene rings is 1. The van der Waals surface area contributed by atoms with E-state index in [1.165, 1.54) is 6.07 Å². The summed E-state index contributed by atoms with van der Waals surface area (Å²) in [5.74, 6) is 0.634. The summed E-state index contributed by atoms with van der Waals surface area (Å²) in [6.45, 7) is 6.78. The molecule has 0 unspecified atom stereocenters. The topological polar surface area (TPSA) is 63.5 Å². The molecule has 2 rings (SSSR count). The standard InChI is InChI=1S/C20H28F3N5O/c1-19(2,3)29-16-7-6-15(17(12-16)20(21,22)23)13-27-18(24-4)26-8-5-10-28-11-9-25-14-28/h6-7,9,11-12,14H,5,8,10,13H2,1-4H3,(H2,24,26,27). The lowest BCUT2D eigenvalue weighted by Crippen LogP contribution is -2.38. The molecule has 0 fully saturated rings. The van der Waals surface area contributed by atoms with Crippen LogP contribution in [-0.2, 0) is 19.3 Å². The third kappa shape index (κ3) is 7.67. The van der Waals surface area contributed by atoms with Gasteiger partial charge in [0.25, 0.3) is 0 Å². The van der Waals surface area contributed by atoms with Crippen LogP contribution < -0.4 is 15.4 Å². The Kier molecular flexibility index (Phi) is 7.53. The van der Waals surface area contributed by atoms with E-state index in [1.807, 2.05) is 10.8 Å². The maximum atomic E-state index is 13.5. The predicted octanol–water partition coefficient (Wildman–Crippen LogP) is 3.83. The molecule has 9 heteroatoms. The first-order valence-corrected chi connectivity index (χ1v) is 9.38. The van der Waals surface area contributed by atoms with Gasteiger partial charge in [0.05, 0.1) is 11.9 Å². The van der Waals surface area contributed by atoms with Gasteiger partial charge in [-0.15, -0.1) is 0 Å². The van der Waals surface area contributed by atoms with Crippen LogP contribution in [0.2, 0.25) is 0 Å². The fourth-order valence-corrected chi connectivity index (χ4v) is 2.68. The van der Waals surface area contributed by atoms with E-state index < -0.39 is 17.3 Å². The molecule has 160 valence electrons. The highest BCUT2D eigenvalue weighted by Gasteiger charge is 2.34. The summed E-state index contributed by atoms with van der Waals surface area (Å²) in [6, 6.07) is 4.03. The zero-order chi connectivity index (χ0) is 21.5. The van der Waals surface area contributed by atoms with Crippen molar-refractivity contribution in [2.24, 2.45) is 4.99 Å². The van der Waals surface area contributed by atoms with Crippen molar-refractivity contribution in [1.82, 2.24) is 20.2 Å². The van der Waals surface area contributed by atoms with Crippen LogP contribution in [-0.4, -0.2) is 34.7 Å². The van der Waals surface area contributed by atoms with Crippen LogP contribution in [0.25, 0.3) is 0 Å². The summed E-state index contributed by atoms with van der Waals surface area (Å²) in [7, 11) is 1.58. The van der Waals surface area contributed by atoms with E-state index in [1.54, 1.807) is 46.4 Å². The van der Waals surface area contributed by atoms with Crippen molar-refractivity contribution >= 4 is 5.96 Å². The maximum Gasteiger partial charge on any atom is 0.416 e. The Labute approximate surface area is 169 Å². The largest absolute Gasteiger partial charge is 0.488 e. The molecule has 2 N–H and O–H groups in total. The van der Waals surface area contributed by atoms with Gasteiger partial charge in [0.2, 0.25) is 0 Å². The molecule has 0 aliphatic heterocycles. The number of aliphatic imine (C=N–C) groups is 1.